The topological polar surface area (TPSA) is 50.4 Å². The average molecular weight is 202 g/mol. The van der Waals surface area contributed by atoms with Crippen molar-refractivity contribution in [3.05, 3.63) is 0 Å². The van der Waals surface area contributed by atoms with Crippen LogP contribution in [0.25, 0.3) is 0 Å². The lowest BCUT2D eigenvalue weighted by molar-refractivity contribution is 0.128. The van der Waals surface area contributed by atoms with Crippen LogP contribution in [0.1, 0.15) is 33.6 Å². The molecule has 2 amide bonds. The van der Waals surface area contributed by atoms with Crippen LogP contribution in [0.5, 0.6) is 0 Å². The summed E-state index contributed by atoms with van der Waals surface area (Å²) in [7, 11) is 0. The smallest absolute Gasteiger partial charge is 0.315 e. The molecular formula is C10H22N2O2. The monoisotopic (exact) mass is 202 g/mol. The largest absolute Gasteiger partial charge is 0.380 e. The number of hydrogen-bond acceptors (Lipinski definition) is 2. The van der Waals surface area contributed by atoms with Gasteiger partial charge in [0, 0.05) is 13.2 Å². The van der Waals surface area contributed by atoms with Gasteiger partial charge in [-0.25, -0.2) is 4.79 Å². The van der Waals surface area contributed by atoms with Gasteiger partial charge in [0.25, 0.3) is 0 Å². The molecule has 0 aliphatic heterocycles. The van der Waals surface area contributed by atoms with Gasteiger partial charge in [0.1, 0.15) is 0 Å². The maximum absolute atomic E-state index is 11.2. The minimum absolute atomic E-state index is 0.0663. The first-order valence-electron chi connectivity index (χ1n) is 5.32. The molecular weight excluding hydrogens is 180 g/mol. The molecule has 0 rings (SSSR count). The number of urea groups is 1. The molecule has 0 fully saturated rings. The summed E-state index contributed by atoms with van der Waals surface area (Å²) in [6, 6.07) is -0.0396. The zero-order valence-corrected chi connectivity index (χ0v) is 9.43. The maximum Gasteiger partial charge on any atom is 0.315 e. The van der Waals surface area contributed by atoms with Crippen LogP contribution in [0, 0.1) is 0 Å². The summed E-state index contributed by atoms with van der Waals surface area (Å²) < 4.78 is 5.18. The standard InChI is InChI=1S/C10H22N2O2/c1-4-6-7-11-10(13)12-9(3)8-14-5-2/h9H,4-8H2,1-3H3,(H2,11,12,13). The Balaban J connectivity index is 3.40. The third kappa shape index (κ3) is 7.86. The lowest BCUT2D eigenvalue weighted by atomic mass is 10.3. The number of nitrogens with one attached hydrogen (secondary N) is 2. The van der Waals surface area contributed by atoms with Gasteiger partial charge in [-0.15, -0.1) is 0 Å². The first-order chi connectivity index (χ1) is 6.70. The van der Waals surface area contributed by atoms with Gasteiger partial charge in [-0.2, -0.15) is 0 Å². The Morgan fingerprint density at radius 1 is 1.43 bits per heavy atom. The van der Waals surface area contributed by atoms with E-state index in [1.165, 1.54) is 0 Å². The third-order valence-electron chi connectivity index (χ3n) is 1.77. The molecule has 0 aliphatic carbocycles. The number of amides is 2. The molecule has 0 aromatic carbocycles. The summed E-state index contributed by atoms with van der Waals surface area (Å²) in [6.45, 7) is 7.95. The molecule has 0 saturated heterocycles. The summed E-state index contributed by atoms with van der Waals surface area (Å²) in [5.41, 5.74) is 0. The first kappa shape index (κ1) is 13.2. The van der Waals surface area contributed by atoms with Crippen LogP contribution in [-0.2, 0) is 4.74 Å². The summed E-state index contributed by atoms with van der Waals surface area (Å²) in [6.07, 6.45) is 2.11. The van der Waals surface area contributed by atoms with Gasteiger partial charge in [0.2, 0.25) is 0 Å². The molecule has 2 N–H and O–H groups in total. The van der Waals surface area contributed by atoms with Crippen molar-refractivity contribution in [1.29, 1.82) is 0 Å². The lowest BCUT2D eigenvalue weighted by Gasteiger charge is -2.14. The van der Waals surface area contributed by atoms with Crippen LogP contribution in [0.2, 0.25) is 0 Å². The van der Waals surface area contributed by atoms with Crippen LogP contribution in [-0.4, -0.2) is 31.8 Å². The molecule has 0 spiro atoms. The molecule has 4 heteroatoms. The highest BCUT2D eigenvalue weighted by Crippen LogP contribution is 1.85. The van der Waals surface area contributed by atoms with Crippen molar-refractivity contribution in [3.8, 4) is 0 Å². The lowest BCUT2D eigenvalue weighted by Crippen LogP contribution is -2.43. The van der Waals surface area contributed by atoms with E-state index in [2.05, 4.69) is 17.6 Å². The molecule has 0 radical (unpaired) electrons. The fourth-order valence-corrected chi connectivity index (χ4v) is 0.990. The second-order valence-electron chi connectivity index (χ2n) is 3.31. The molecule has 0 aliphatic rings. The van der Waals surface area contributed by atoms with Crippen molar-refractivity contribution in [1.82, 2.24) is 10.6 Å². The second-order valence-corrected chi connectivity index (χ2v) is 3.31. The van der Waals surface area contributed by atoms with Gasteiger partial charge in [-0.1, -0.05) is 13.3 Å². The van der Waals surface area contributed by atoms with Crippen molar-refractivity contribution in [2.24, 2.45) is 0 Å². The van der Waals surface area contributed by atoms with E-state index in [0.717, 1.165) is 19.4 Å². The Hall–Kier alpha value is -0.770. The molecule has 1 atom stereocenters. The number of carbonyl (C=O) groups excluding carboxylic acids is 1. The SMILES string of the molecule is CCCCNC(=O)NC(C)COCC. The van der Waals surface area contributed by atoms with Gasteiger partial charge >= 0.3 is 6.03 Å². The highest BCUT2D eigenvalue weighted by atomic mass is 16.5. The Morgan fingerprint density at radius 3 is 2.71 bits per heavy atom. The zero-order valence-electron chi connectivity index (χ0n) is 9.43. The van der Waals surface area contributed by atoms with Crippen LogP contribution in [0.4, 0.5) is 4.79 Å². The summed E-state index contributed by atoms with van der Waals surface area (Å²) in [4.78, 5) is 11.2. The quantitative estimate of drug-likeness (QED) is 0.615. The molecule has 0 bridgehead atoms. The fourth-order valence-electron chi connectivity index (χ4n) is 0.990. The van der Waals surface area contributed by atoms with E-state index in [1.54, 1.807) is 0 Å². The van der Waals surface area contributed by atoms with Crippen LogP contribution in [0.15, 0.2) is 0 Å². The Labute approximate surface area is 86.4 Å². The summed E-state index contributed by atoms with van der Waals surface area (Å²) >= 11 is 0. The van der Waals surface area contributed by atoms with Crippen LogP contribution in [0.3, 0.4) is 0 Å². The van der Waals surface area contributed by atoms with E-state index < -0.39 is 0 Å². The van der Waals surface area contributed by atoms with Crippen LogP contribution >= 0.6 is 0 Å². The van der Waals surface area contributed by atoms with Crippen molar-refractivity contribution >= 4 is 6.03 Å². The Morgan fingerprint density at radius 2 is 2.14 bits per heavy atom. The van der Waals surface area contributed by atoms with Gasteiger partial charge in [0.15, 0.2) is 0 Å². The fraction of sp³-hybridized carbons (Fsp3) is 0.900. The van der Waals surface area contributed by atoms with E-state index in [4.69, 9.17) is 4.74 Å². The summed E-state index contributed by atoms with van der Waals surface area (Å²) in [5.74, 6) is 0. The van der Waals surface area contributed by atoms with E-state index in [0.29, 0.717) is 13.2 Å². The molecule has 1 unspecified atom stereocenters. The predicted molar refractivity (Wildman–Crippen MR) is 57.4 cm³/mol. The molecule has 4 nitrogen and oxygen atoms in total. The molecule has 84 valence electrons. The maximum atomic E-state index is 11.2. The Bertz CT molecular complexity index is 151. The number of ether oxygens (including phenoxy) is 1. The summed E-state index contributed by atoms with van der Waals surface area (Å²) in [5, 5.41) is 5.58. The normalized spacial score (nSPS) is 12.2. The number of carbonyl (C=O) groups is 1. The molecule has 14 heavy (non-hydrogen) atoms. The number of hydrogen-bond donors (Lipinski definition) is 2. The Kier molecular flexibility index (Phi) is 8.33. The minimum atomic E-state index is -0.106. The van der Waals surface area contributed by atoms with E-state index in [-0.39, 0.29) is 12.1 Å². The van der Waals surface area contributed by atoms with Crippen LogP contribution < -0.4 is 10.6 Å². The first-order valence-corrected chi connectivity index (χ1v) is 5.32. The highest BCUT2D eigenvalue weighted by Gasteiger charge is 2.05. The van der Waals surface area contributed by atoms with Gasteiger partial charge in [0.05, 0.1) is 12.6 Å². The molecule has 0 aromatic heterocycles. The number of unbranched alkanes of at least 4 members (excludes halogenated alkanes) is 1. The average Bonchev–Trinajstić information content (AvgIpc) is 2.15. The van der Waals surface area contributed by atoms with Crippen molar-refractivity contribution in [2.45, 2.75) is 39.7 Å². The van der Waals surface area contributed by atoms with Crippen molar-refractivity contribution in [3.63, 3.8) is 0 Å². The van der Waals surface area contributed by atoms with Gasteiger partial charge in [-0.05, 0) is 20.3 Å². The van der Waals surface area contributed by atoms with E-state index in [1.807, 2.05) is 13.8 Å². The van der Waals surface area contributed by atoms with E-state index >= 15 is 0 Å². The van der Waals surface area contributed by atoms with Gasteiger partial charge in [-0.3, -0.25) is 0 Å². The molecule has 0 heterocycles. The third-order valence-corrected chi connectivity index (χ3v) is 1.77. The molecule has 0 aromatic rings. The number of rotatable bonds is 7. The van der Waals surface area contributed by atoms with Gasteiger partial charge < -0.3 is 15.4 Å². The highest BCUT2D eigenvalue weighted by molar-refractivity contribution is 5.74. The van der Waals surface area contributed by atoms with Crippen molar-refractivity contribution < 1.29 is 9.53 Å². The molecule has 0 saturated carbocycles. The van der Waals surface area contributed by atoms with Crippen molar-refractivity contribution in [2.75, 3.05) is 19.8 Å². The minimum Gasteiger partial charge on any atom is -0.380 e. The predicted octanol–water partition coefficient (Wildman–Crippen LogP) is 1.51. The van der Waals surface area contributed by atoms with E-state index in [9.17, 15) is 4.79 Å². The zero-order chi connectivity index (χ0) is 10.8. The second kappa shape index (κ2) is 8.81.